The highest BCUT2D eigenvalue weighted by Gasteiger charge is 2.45. The molecule has 28 heavy (non-hydrogen) atoms. The van der Waals surface area contributed by atoms with E-state index in [-0.39, 0.29) is 5.92 Å². The first kappa shape index (κ1) is 17.9. The molecule has 2 amide bonds. The van der Waals surface area contributed by atoms with E-state index in [1.165, 1.54) is 6.42 Å². The number of anilines is 1. The molecule has 1 aromatic rings. The molecule has 0 spiro atoms. The van der Waals surface area contributed by atoms with Crippen LogP contribution in [0.3, 0.4) is 0 Å². The Morgan fingerprint density at radius 1 is 1.04 bits per heavy atom. The summed E-state index contributed by atoms with van der Waals surface area (Å²) in [7, 11) is 0. The van der Waals surface area contributed by atoms with Gasteiger partial charge in [-0.1, -0.05) is 0 Å². The van der Waals surface area contributed by atoms with Gasteiger partial charge in [0.2, 0.25) is 17.8 Å². The van der Waals surface area contributed by atoms with Crippen molar-refractivity contribution in [3.63, 3.8) is 0 Å². The number of hydrogen-bond acceptors (Lipinski definition) is 5. The van der Waals surface area contributed by atoms with Crippen molar-refractivity contribution < 1.29 is 9.59 Å². The van der Waals surface area contributed by atoms with Crippen LogP contribution < -0.4 is 4.90 Å². The summed E-state index contributed by atoms with van der Waals surface area (Å²) in [6, 6.07) is 2.19. The summed E-state index contributed by atoms with van der Waals surface area (Å²) < 4.78 is 0. The van der Waals surface area contributed by atoms with Crippen molar-refractivity contribution in [3.05, 3.63) is 18.5 Å². The van der Waals surface area contributed by atoms with Gasteiger partial charge >= 0.3 is 0 Å². The number of carbonyl (C=O) groups is 2. The fourth-order valence-electron chi connectivity index (χ4n) is 5.83. The van der Waals surface area contributed by atoms with E-state index in [1.807, 2.05) is 6.07 Å². The standard InChI is InChI=1S/C21H29N5O2/c27-19-4-1-3-18-17-11-15(13-26(18)19)12-25(14-17)20(28)16-5-9-24(10-6-16)21-22-7-2-8-23-21/h2,7-8,15-18H,1,3-6,9-14H2. The monoisotopic (exact) mass is 383 g/mol. The highest BCUT2D eigenvalue weighted by molar-refractivity contribution is 5.80. The Morgan fingerprint density at radius 2 is 1.82 bits per heavy atom. The van der Waals surface area contributed by atoms with Gasteiger partial charge in [-0.25, -0.2) is 9.97 Å². The summed E-state index contributed by atoms with van der Waals surface area (Å²) in [5.74, 6) is 2.48. The molecule has 4 aliphatic rings. The third kappa shape index (κ3) is 3.25. The van der Waals surface area contributed by atoms with Crippen molar-refractivity contribution in [1.82, 2.24) is 19.8 Å². The largest absolute Gasteiger partial charge is 0.342 e. The summed E-state index contributed by atoms with van der Waals surface area (Å²) in [4.78, 5) is 40.7. The van der Waals surface area contributed by atoms with Crippen LogP contribution in [0.5, 0.6) is 0 Å². The Hall–Kier alpha value is -2.18. The highest BCUT2D eigenvalue weighted by atomic mass is 16.2. The van der Waals surface area contributed by atoms with Gasteiger partial charge < -0.3 is 14.7 Å². The Labute approximate surface area is 166 Å². The number of nitrogens with zero attached hydrogens (tertiary/aromatic N) is 5. The number of carbonyl (C=O) groups excluding carboxylic acids is 2. The molecule has 150 valence electrons. The van der Waals surface area contributed by atoms with Crippen molar-refractivity contribution in [2.45, 2.75) is 44.6 Å². The maximum absolute atomic E-state index is 13.2. The van der Waals surface area contributed by atoms with E-state index >= 15 is 0 Å². The molecule has 5 rings (SSSR count). The summed E-state index contributed by atoms with van der Waals surface area (Å²) in [5, 5.41) is 0. The number of rotatable bonds is 2. The minimum absolute atomic E-state index is 0.114. The van der Waals surface area contributed by atoms with Crippen LogP contribution in [0, 0.1) is 17.8 Å². The molecule has 5 heterocycles. The van der Waals surface area contributed by atoms with Gasteiger partial charge in [-0.15, -0.1) is 0 Å². The van der Waals surface area contributed by atoms with Crippen LogP contribution in [0.25, 0.3) is 0 Å². The first-order valence-electron chi connectivity index (χ1n) is 10.8. The van der Waals surface area contributed by atoms with Crippen molar-refractivity contribution >= 4 is 17.8 Å². The second-order valence-corrected chi connectivity index (χ2v) is 8.92. The summed E-state index contributed by atoms with van der Waals surface area (Å²) in [6.45, 7) is 4.20. The number of likely N-dealkylation sites (tertiary alicyclic amines) is 1. The lowest BCUT2D eigenvalue weighted by Crippen LogP contribution is -2.61. The van der Waals surface area contributed by atoms with Gasteiger partial charge in [0.25, 0.3) is 0 Å². The van der Waals surface area contributed by atoms with Gasteiger partial charge in [0.1, 0.15) is 0 Å². The average Bonchev–Trinajstić information content (AvgIpc) is 2.75. The van der Waals surface area contributed by atoms with Gasteiger partial charge in [-0.05, 0) is 50.0 Å². The molecule has 0 saturated carbocycles. The first-order valence-corrected chi connectivity index (χ1v) is 10.8. The molecule has 3 atom stereocenters. The normalized spacial score (nSPS) is 30.9. The van der Waals surface area contributed by atoms with E-state index in [9.17, 15) is 9.59 Å². The maximum Gasteiger partial charge on any atom is 0.225 e. The molecule has 0 aliphatic carbocycles. The SMILES string of the molecule is O=C(C1CCN(c2ncccn2)CC1)N1CC2CC(C1)C1CCCC(=O)N1C2. The molecule has 0 radical (unpaired) electrons. The Morgan fingerprint density at radius 3 is 2.61 bits per heavy atom. The zero-order valence-electron chi connectivity index (χ0n) is 16.4. The predicted molar refractivity (Wildman–Crippen MR) is 104 cm³/mol. The molecule has 4 fully saturated rings. The van der Waals surface area contributed by atoms with Gasteiger partial charge in [0, 0.05) is 63.5 Å². The van der Waals surface area contributed by atoms with E-state index in [0.29, 0.717) is 36.1 Å². The van der Waals surface area contributed by atoms with Crippen molar-refractivity contribution in [3.8, 4) is 0 Å². The van der Waals surface area contributed by atoms with Crippen LogP contribution in [-0.4, -0.2) is 70.3 Å². The topological polar surface area (TPSA) is 69.6 Å². The Balaban J connectivity index is 1.21. The van der Waals surface area contributed by atoms with Crippen LogP contribution in [0.4, 0.5) is 5.95 Å². The molecule has 3 unspecified atom stereocenters. The van der Waals surface area contributed by atoms with Crippen molar-refractivity contribution in [2.75, 3.05) is 37.6 Å². The molecule has 7 heteroatoms. The third-order valence-corrected chi connectivity index (χ3v) is 7.17. The lowest BCUT2D eigenvalue weighted by Gasteiger charge is -2.52. The highest BCUT2D eigenvalue weighted by Crippen LogP contribution is 2.38. The van der Waals surface area contributed by atoms with E-state index in [1.54, 1.807) is 12.4 Å². The molecular formula is C21H29N5O2. The Bertz CT molecular complexity index is 734. The van der Waals surface area contributed by atoms with E-state index in [4.69, 9.17) is 0 Å². The molecule has 0 N–H and O–H groups in total. The minimum atomic E-state index is 0.114. The number of amides is 2. The fraction of sp³-hybridized carbons (Fsp3) is 0.714. The van der Waals surface area contributed by atoms with E-state index < -0.39 is 0 Å². The Kier molecular flexibility index (Phi) is 4.69. The average molecular weight is 383 g/mol. The number of aromatic nitrogens is 2. The van der Waals surface area contributed by atoms with Crippen LogP contribution >= 0.6 is 0 Å². The first-order chi connectivity index (χ1) is 13.7. The quantitative estimate of drug-likeness (QED) is 0.775. The molecule has 0 aromatic carbocycles. The third-order valence-electron chi connectivity index (χ3n) is 7.17. The molecule has 4 aliphatic heterocycles. The molecule has 4 saturated heterocycles. The van der Waals surface area contributed by atoms with Crippen LogP contribution in [0.1, 0.15) is 38.5 Å². The molecular weight excluding hydrogens is 354 g/mol. The van der Waals surface area contributed by atoms with E-state index in [0.717, 1.165) is 64.4 Å². The summed E-state index contributed by atoms with van der Waals surface area (Å²) >= 11 is 0. The van der Waals surface area contributed by atoms with Gasteiger partial charge in [0.15, 0.2) is 0 Å². The number of fused-ring (bicyclic) bond motifs is 4. The summed E-state index contributed by atoms with van der Waals surface area (Å²) in [6.07, 6.45) is 9.30. The lowest BCUT2D eigenvalue weighted by molar-refractivity contribution is -0.150. The van der Waals surface area contributed by atoms with Crippen LogP contribution in [0.2, 0.25) is 0 Å². The van der Waals surface area contributed by atoms with Gasteiger partial charge in [-0.3, -0.25) is 9.59 Å². The zero-order valence-corrected chi connectivity index (χ0v) is 16.4. The van der Waals surface area contributed by atoms with E-state index in [2.05, 4.69) is 24.7 Å². The summed E-state index contributed by atoms with van der Waals surface area (Å²) in [5.41, 5.74) is 0. The second kappa shape index (κ2) is 7.33. The van der Waals surface area contributed by atoms with Crippen molar-refractivity contribution in [2.24, 2.45) is 17.8 Å². The minimum Gasteiger partial charge on any atom is -0.342 e. The molecule has 1 aromatic heterocycles. The molecule has 2 bridgehead atoms. The second-order valence-electron chi connectivity index (χ2n) is 8.92. The smallest absolute Gasteiger partial charge is 0.225 e. The maximum atomic E-state index is 13.2. The predicted octanol–water partition coefficient (Wildman–Crippen LogP) is 1.55. The van der Waals surface area contributed by atoms with Crippen molar-refractivity contribution in [1.29, 1.82) is 0 Å². The van der Waals surface area contributed by atoms with Crippen LogP contribution in [0.15, 0.2) is 18.5 Å². The number of piperidine rings is 4. The van der Waals surface area contributed by atoms with Crippen LogP contribution in [-0.2, 0) is 9.59 Å². The lowest BCUT2D eigenvalue weighted by atomic mass is 9.75. The molecule has 7 nitrogen and oxygen atoms in total. The van der Waals surface area contributed by atoms with Gasteiger partial charge in [-0.2, -0.15) is 0 Å². The van der Waals surface area contributed by atoms with Gasteiger partial charge in [0.05, 0.1) is 0 Å². The zero-order chi connectivity index (χ0) is 19.1. The number of hydrogen-bond donors (Lipinski definition) is 0. The fourth-order valence-corrected chi connectivity index (χ4v) is 5.83.